The number of amides is 1. The van der Waals surface area contributed by atoms with Crippen molar-refractivity contribution in [3.05, 3.63) is 70.0 Å². The monoisotopic (exact) mass is 343 g/mol. The third-order valence-electron chi connectivity index (χ3n) is 3.18. The van der Waals surface area contributed by atoms with Gasteiger partial charge in [0.05, 0.1) is 17.5 Å². The van der Waals surface area contributed by atoms with E-state index in [0.29, 0.717) is 0 Å². The number of benzene rings is 2. The van der Waals surface area contributed by atoms with Crippen LogP contribution in [-0.2, 0) is 11.2 Å². The van der Waals surface area contributed by atoms with Gasteiger partial charge in [0.2, 0.25) is 5.91 Å². The zero-order chi connectivity index (χ0) is 17.0. The molecule has 2 aromatic rings. The minimum atomic E-state index is -1.15. The van der Waals surface area contributed by atoms with Crippen LogP contribution in [0.25, 0.3) is 0 Å². The summed E-state index contributed by atoms with van der Waals surface area (Å²) in [6, 6.07) is 6.60. The maximum atomic E-state index is 13.4. The highest BCUT2D eigenvalue weighted by Crippen LogP contribution is 2.20. The van der Waals surface area contributed by atoms with E-state index in [4.69, 9.17) is 11.6 Å². The molecule has 122 valence electrons. The zero-order valence-corrected chi connectivity index (χ0v) is 12.6. The van der Waals surface area contributed by atoms with Crippen molar-refractivity contribution in [1.82, 2.24) is 5.32 Å². The minimum Gasteiger partial charge on any atom is -0.387 e. The Morgan fingerprint density at radius 3 is 2.57 bits per heavy atom. The summed E-state index contributed by atoms with van der Waals surface area (Å²) < 4.78 is 39.7. The average Bonchev–Trinajstić information content (AvgIpc) is 2.51. The highest BCUT2D eigenvalue weighted by Gasteiger charge is 2.13. The molecule has 1 unspecified atom stereocenters. The van der Waals surface area contributed by atoms with Gasteiger partial charge >= 0.3 is 0 Å². The number of hydrogen-bond acceptors (Lipinski definition) is 2. The van der Waals surface area contributed by atoms with Crippen LogP contribution < -0.4 is 5.32 Å². The Morgan fingerprint density at radius 1 is 1.13 bits per heavy atom. The summed E-state index contributed by atoms with van der Waals surface area (Å²) in [5.74, 6) is -2.62. The normalized spacial score (nSPS) is 12.0. The van der Waals surface area contributed by atoms with E-state index < -0.39 is 29.5 Å². The van der Waals surface area contributed by atoms with Gasteiger partial charge in [0.25, 0.3) is 0 Å². The second kappa shape index (κ2) is 7.48. The van der Waals surface area contributed by atoms with E-state index in [1.807, 2.05) is 0 Å². The highest BCUT2D eigenvalue weighted by atomic mass is 35.5. The molecule has 0 radical (unpaired) electrons. The summed E-state index contributed by atoms with van der Waals surface area (Å²) in [6.07, 6.45) is -1.52. The Kier molecular flexibility index (Phi) is 5.63. The summed E-state index contributed by atoms with van der Waals surface area (Å²) in [7, 11) is 0. The van der Waals surface area contributed by atoms with Crippen LogP contribution in [0.2, 0.25) is 5.02 Å². The second-order valence-electron chi connectivity index (χ2n) is 4.91. The van der Waals surface area contributed by atoms with Crippen LogP contribution >= 0.6 is 11.6 Å². The first-order chi connectivity index (χ1) is 10.9. The quantitative estimate of drug-likeness (QED) is 0.876. The molecule has 0 fully saturated rings. The minimum absolute atomic E-state index is 0.0773. The van der Waals surface area contributed by atoms with Gasteiger partial charge in [-0.05, 0) is 35.9 Å². The molecule has 0 saturated carbocycles. The number of aliphatic hydroxyl groups excluding tert-OH is 1. The molecule has 3 nitrogen and oxygen atoms in total. The zero-order valence-electron chi connectivity index (χ0n) is 11.8. The largest absolute Gasteiger partial charge is 0.387 e. The fourth-order valence-electron chi connectivity index (χ4n) is 1.96. The van der Waals surface area contributed by atoms with Gasteiger partial charge in [-0.1, -0.05) is 17.7 Å². The first kappa shape index (κ1) is 17.3. The van der Waals surface area contributed by atoms with Crippen molar-refractivity contribution in [2.75, 3.05) is 6.54 Å². The number of rotatable bonds is 5. The van der Waals surface area contributed by atoms with Gasteiger partial charge in [-0.25, -0.2) is 13.2 Å². The lowest BCUT2D eigenvalue weighted by atomic mass is 10.1. The third-order valence-corrected chi connectivity index (χ3v) is 3.49. The maximum Gasteiger partial charge on any atom is 0.224 e. The Labute approximate surface area is 135 Å². The fraction of sp³-hybridized carbons (Fsp3) is 0.188. The lowest BCUT2D eigenvalue weighted by Gasteiger charge is -2.13. The number of hydrogen-bond donors (Lipinski definition) is 2. The maximum absolute atomic E-state index is 13.4. The van der Waals surface area contributed by atoms with Gasteiger partial charge in [-0.2, -0.15) is 0 Å². The van der Waals surface area contributed by atoms with E-state index in [1.54, 1.807) is 0 Å². The van der Waals surface area contributed by atoms with Gasteiger partial charge in [0.1, 0.15) is 17.5 Å². The Morgan fingerprint density at radius 2 is 1.87 bits per heavy atom. The molecule has 0 aliphatic heterocycles. The van der Waals surface area contributed by atoms with Gasteiger partial charge in [-0.15, -0.1) is 0 Å². The van der Waals surface area contributed by atoms with E-state index >= 15 is 0 Å². The lowest BCUT2D eigenvalue weighted by Crippen LogP contribution is -2.30. The molecule has 0 heterocycles. The number of nitrogens with one attached hydrogen (secondary N) is 1. The fourth-order valence-corrected chi connectivity index (χ4v) is 2.08. The van der Waals surface area contributed by atoms with Crippen molar-refractivity contribution in [1.29, 1.82) is 0 Å². The molecule has 7 heteroatoms. The molecule has 0 aliphatic rings. The second-order valence-corrected chi connectivity index (χ2v) is 5.31. The molecule has 2 N–H and O–H groups in total. The predicted molar refractivity (Wildman–Crippen MR) is 79.4 cm³/mol. The molecule has 1 atom stereocenters. The van der Waals surface area contributed by atoms with Crippen molar-refractivity contribution in [3.8, 4) is 0 Å². The van der Waals surface area contributed by atoms with Crippen LogP contribution in [-0.4, -0.2) is 17.6 Å². The highest BCUT2D eigenvalue weighted by molar-refractivity contribution is 6.30. The van der Waals surface area contributed by atoms with Gasteiger partial charge in [0, 0.05) is 12.1 Å². The van der Waals surface area contributed by atoms with Crippen molar-refractivity contribution in [3.63, 3.8) is 0 Å². The molecule has 23 heavy (non-hydrogen) atoms. The van der Waals surface area contributed by atoms with Crippen molar-refractivity contribution < 1.29 is 23.1 Å². The number of carbonyl (C=O) groups excluding carboxylic acids is 1. The van der Waals surface area contributed by atoms with E-state index in [1.165, 1.54) is 12.1 Å². The van der Waals surface area contributed by atoms with Crippen molar-refractivity contribution >= 4 is 17.5 Å². The van der Waals surface area contributed by atoms with Crippen LogP contribution in [0.5, 0.6) is 0 Å². The van der Waals surface area contributed by atoms with Crippen LogP contribution in [0.15, 0.2) is 36.4 Å². The van der Waals surface area contributed by atoms with E-state index in [9.17, 15) is 23.1 Å². The first-order valence-electron chi connectivity index (χ1n) is 6.70. The topological polar surface area (TPSA) is 49.3 Å². The van der Waals surface area contributed by atoms with Crippen LogP contribution in [0.1, 0.15) is 17.2 Å². The molecule has 0 spiro atoms. The van der Waals surface area contributed by atoms with Crippen molar-refractivity contribution in [2.45, 2.75) is 12.5 Å². The molecular formula is C16H13ClF3NO2. The molecular weight excluding hydrogens is 331 g/mol. The smallest absolute Gasteiger partial charge is 0.224 e. The Balaban J connectivity index is 1.93. The average molecular weight is 344 g/mol. The van der Waals surface area contributed by atoms with Crippen LogP contribution in [0.3, 0.4) is 0 Å². The van der Waals surface area contributed by atoms with Gasteiger partial charge in [0.15, 0.2) is 0 Å². The third kappa shape index (κ3) is 4.71. The Hall–Kier alpha value is -2.05. The first-order valence-corrected chi connectivity index (χ1v) is 7.08. The standard InChI is InChI=1S/C16H13ClF3NO2/c17-12-3-1-9(6-14(12)20)15(22)8-21-16(23)7-10-5-11(18)2-4-13(10)19/h1-6,15,22H,7-8H2,(H,21,23). The summed E-state index contributed by atoms with van der Waals surface area (Å²) in [4.78, 5) is 11.7. The summed E-state index contributed by atoms with van der Waals surface area (Å²) in [6.45, 7) is -0.198. The van der Waals surface area contributed by atoms with Crippen molar-refractivity contribution in [2.24, 2.45) is 0 Å². The van der Waals surface area contributed by atoms with Crippen LogP contribution in [0, 0.1) is 17.5 Å². The predicted octanol–water partition coefficient (Wildman–Crippen LogP) is 3.15. The number of aliphatic hydroxyl groups is 1. The molecule has 1 amide bonds. The van der Waals surface area contributed by atoms with E-state index in [0.717, 1.165) is 24.3 Å². The number of halogens is 4. The van der Waals surface area contributed by atoms with Gasteiger partial charge < -0.3 is 10.4 Å². The summed E-state index contributed by atoms with van der Waals surface area (Å²) in [5, 5.41) is 12.2. The molecule has 0 aromatic heterocycles. The molecule has 0 aliphatic carbocycles. The summed E-state index contributed by atoms with van der Waals surface area (Å²) >= 11 is 5.54. The SMILES string of the molecule is O=C(Cc1cc(F)ccc1F)NCC(O)c1ccc(Cl)c(F)c1. The Bertz CT molecular complexity index is 724. The van der Waals surface area contributed by atoms with E-state index in [2.05, 4.69) is 5.32 Å². The summed E-state index contributed by atoms with van der Waals surface area (Å²) in [5.41, 5.74) is 0.152. The number of carbonyl (C=O) groups is 1. The van der Waals surface area contributed by atoms with Gasteiger partial charge in [-0.3, -0.25) is 4.79 Å². The lowest BCUT2D eigenvalue weighted by molar-refractivity contribution is -0.120. The molecule has 2 rings (SSSR count). The van der Waals surface area contributed by atoms with Crippen LogP contribution in [0.4, 0.5) is 13.2 Å². The molecule has 0 bridgehead atoms. The molecule has 2 aromatic carbocycles. The van der Waals surface area contributed by atoms with E-state index in [-0.39, 0.29) is 29.1 Å². The molecule has 0 saturated heterocycles.